The molecule has 0 aromatic carbocycles. The molecule has 0 aliphatic rings. The number of rotatable bonds is 9. The van der Waals surface area contributed by atoms with E-state index in [1.165, 1.54) is 19.3 Å². The van der Waals surface area contributed by atoms with Gasteiger partial charge in [-0.25, -0.2) is 0 Å². The van der Waals surface area contributed by atoms with Crippen LogP contribution in [0.4, 0.5) is 0 Å². The van der Waals surface area contributed by atoms with Gasteiger partial charge in [-0.1, -0.05) is 32.6 Å². The van der Waals surface area contributed by atoms with Crippen molar-refractivity contribution in [3.05, 3.63) is 0 Å². The molecule has 0 rings (SSSR count). The highest BCUT2D eigenvalue weighted by atomic mass is 28.4. The SMILES string of the molecule is CCCCCCC(N)[Si](OC)(OC)OC. The molecule has 0 spiro atoms. The van der Waals surface area contributed by atoms with Crippen LogP contribution in [0.1, 0.15) is 39.0 Å². The molecule has 0 aliphatic carbocycles. The Morgan fingerprint density at radius 2 is 1.53 bits per heavy atom. The molecule has 0 bridgehead atoms. The van der Waals surface area contributed by atoms with Crippen LogP contribution in [0.3, 0.4) is 0 Å². The Morgan fingerprint density at radius 1 is 1.00 bits per heavy atom. The zero-order valence-electron chi connectivity index (χ0n) is 10.4. The van der Waals surface area contributed by atoms with Crippen LogP contribution in [-0.2, 0) is 13.3 Å². The lowest BCUT2D eigenvalue weighted by Gasteiger charge is -2.29. The highest BCUT2D eigenvalue weighted by Gasteiger charge is 2.44. The van der Waals surface area contributed by atoms with Gasteiger partial charge in [0.15, 0.2) is 0 Å². The van der Waals surface area contributed by atoms with E-state index in [4.69, 9.17) is 19.0 Å². The highest BCUT2D eigenvalue weighted by molar-refractivity contribution is 6.62. The molecule has 0 aliphatic heterocycles. The molecule has 1 atom stereocenters. The summed E-state index contributed by atoms with van der Waals surface area (Å²) in [5, 5.41) is 0. The average molecular weight is 235 g/mol. The molecule has 0 fully saturated rings. The minimum Gasteiger partial charge on any atom is -0.376 e. The molecule has 5 heteroatoms. The van der Waals surface area contributed by atoms with Crippen molar-refractivity contribution < 1.29 is 13.3 Å². The molecule has 0 radical (unpaired) electrons. The van der Waals surface area contributed by atoms with Crippen molar-refractivity contribution in [2.75, 3.05) is 21.3 Å². The second kappa shape index (κ2) is 8.24. The van der Waals surface area contributed by atoms with E-state index >= 15 is 0 Å². The monoisotopic (exact) mass is 235 g/mol. The van der Waals surface area contributed by atoms with E-state index in [2.05, 4.69) is 6.92 Å². The number of hydrogen-bond acceptors (Lipinski definition) is 4. The smallest absolute Gasteiger partial charge is 0.376 e. The van der Waals surface area contributed by atoms with Gasteiger partial charge in [-0.15, -0.1) is 0 Å². The molecule has 1 unspecified atom stereocenters. The van der Waals surface area contributed by atoms with Gasteiger partial charge >= 0.3 is 8.80 Å². The summed E-state index contributed by atoms with van der Waals surface area (Å²) in [6.45, 7) is 2.19. The lowest BCUT2D eigenvalue weighted by molar-refractivity contribution is 0.111. The molecule has 92 valence electrons. The first-order valence-electron chi connectivity index (χ1n) is 5.57. The summed E-state index contributed by atoms with van der Waals surface area (Å²) in [6.07, 6.45) is 5.72. The van der Waals surface area contributed by atoms with Crippen molar-refractivity contribution >= 4 is 8.80 Å². The second-order valence-electron chi connectivity index (χ2n) is 3.67. The van der Waals surface area contributed by atoms with Crippen LogP contribution in [-0.4, -0.2) is 35.8 Å². The second-order valence-corrected chi connectivity index (χ2v) is 6.85. The molecule has 0 amide bonds. The quantitative estimate of drug-likeness (QED) is 0.488. The zero-order valence-corrected chi connectivity index (χ0v) is 11.4. The largest absolute Gasteiger partial charge is 0.517 e. The Kier molecular flexibility index (Phi) is 8.27. The molecule has 0 saturated carbocycles. The molecule has 0 aromatic rings. The fraction of sp³-hybridized carbons (Fsp3) is 1.00. The van der Waals surface area contributed by atoms with Gasteiger partial charge in [0.2, 0.25) is 0 Å². The number of hydrogen-bond donors (Lipinski definition) is 1. The highest BCUT2D eigenvalue weighted by Crippen LogP contribution is 2.15. The first-order valence-corrected chi connectivity index (χ1v) is 7.38. The van der Waals surface area contributed by atoms with E-state index in [-0.39, 0.29) is 5.67 Å². The summed E-state index contributed by atoms with van der Waals surface area (Å²) in [6, 6.07) is 0. The van der Waals surface area contributed by atoms with Crippen LogP contribution in [0.25, 0.3) is 0 Å². The van der Waals surface area contributed by atoms with Crippen molar-refractivity contribution in [2.45, 2.75) is 44.7 Å². The Hall–Kier alpha value is 0.0569. The summed E-state index contributed by atoms with van der Waals surface area (Å²) >= 11 is 0. The molecule has 0 heterocycles. The minimum absolute atomic E-state index is 0.116. The molecular weight excluding hydrogens is 210 g/mol. The standard InChI is InChI=1S/C10H25NO3Si/c1-5-6-7-8-9-10(11)15(12-2,13-3)14-4/h10H,5-9,11H2,1-4H3. The number of unbranched alkanes of at least 4 members (excludes halogenated alkanes) is 3. The first kappa shape index (κ1) is 15.1. The summed E-state index contributed by atoms with van der Waals surface area (Å²) in [4.78, 5) is 0. The van der Waals surface area contributed by atoms with Crippen LogP contribution in [0.2, 0.25) is 0 Å². The Bertz CT molecular complexity index is 145. The first-order chi connectivity index (χ1) is 7.16. The van der Waals surface area contributed by atoms with Crippen LogP contribution in [0, 0.1) is 0 Å². The fourth-order valence-corrected chi connectivity index (χ4v) is 3.64. The van der Waals surface area contributed by atoms with Crippen molar-refractivity contribution in [3.63, 3.8) is 0 Å². The van der Waals surface area contributed by atoms with E-state index in [1.807, 2.05) is 0 Å². The lowest BCUT2D eigenvalue weighted by atomic mass is 10.1. The van der Waals surface area contributed by atoms with E-state index in [0.29, 0.717) is 0 Å². The molecule has 15 heavy (non-hydrogen) atoms. The molecule has 0 aromatic heterocycles. The van der Waals surface area contributed by atoms with Gasteiger partial charge in [0, 0.05) is 21.3 Å². The van der Waals surface area contributed by atoms with Crippen LogP contribution in [0.5, 0.6) is 0 Å². The zero-order chi connectivity index (χ0) is 11.7. The van der Waals surface area contributed by atoms with Gasteiger partial charge < -0.3 is 19.0 Å². The van der Waals surface area contributed by atoms with Crippen LogP contribution < -0.4 is 5.73 Å². The van der Waals surface area contributed by atoms with Crippen molar-refractivity contribution in [1.82, 2.24) is 0 Å². The van der Waals surface area contributed by atoms with Gasteiger partial charge in [-0.3, -0.25) is 0 Å². The average Bonchev–Trinajstić information content (AvgIpc) is 2.28. The van der Waals surface area contributed by atoms with E-state index < -0.39 is 8.80 Å². The summed E-state index contributed by atoms with van der Waals surface area (Å²) in [5.41, 5.74) is 5.94. The fourth-order valence-electron chi connectivity index (χ4n) is 1.67. The van der Waals surface area contributed by atoms with Gasteiger partial charge in [-0.05, 0) is 6.42 Å². The molecule has 0 saturated heterocycles. The molecule has 2 N–H and O–H groups in total. The molecular formula is C10H25NO3Si. The van der Waals surface area contributed by atoms with E-state index in [0.717, 1.165) is 12.8 Å². The van der Waals surface area contributed by atoms with E-state index in [9.17, 15) is 0 Å². The third-order valence-electron chi connectivity index (χ3n) is 2.68. The maximum Gasteiger partial charge on any atom is 0.517 e. The van der Waals surface area contributed by atoms with Crippen molar-refractivity contribution in [2.24, 2.45) is 5.73 Å². The Balaban J connectivity index is 3.97. The van der Waals surface area contributed by atoms with E-state index in [1.54, 1.807) is 21.3 Å². The third kappa shape index (κ3) is 4.61. The van der Waals surface area contributed by atoms with Crippen LogP contribution in [0.15, 0.2) is 0 Å². The van der Waals surface area contributed by atoms with Crippen LogP contribution >= 0.6 is 0 Å². The normalized spacial score (nSPS) is 14.2. The Labute approximate surface area is 94.5 Å². The predicted octanol–water partition coefficient (Wildman–Crippen LogP) is 1.70. The maximum absolute atomic E-state index is 6.05. The summed E-state index contributed by atoms with van der Waals surface area (Å²) in [5.74, 6) is 0. The minimum atomic E-state index is -2.60. The summed E-state index contributed by atoms with van der Waals surface area (Å²) < 4.78 is 16.0. The van der Waals surface area contributed by atoms with Gasteiger partial charge in [0.25, 0.3) is 0 Å². The maximum atomic E-state index is 6.05. The topological polar surface area (TPSA) is 53.7 Å². The van der Waals surface area contributed by atoms with Gasteiger partial charge in [0.05, 0.1) is 5.67 Å². The third-order valence-corrected chi connectivity index (χ3v) is 5.58. The molecule has 4 nitrogen and oxygen atoms in total. The number of nitrogens with two attached hydrogens (primary N) is 1. The summed E-state index contributed by atoms with van der Waals surface area (Å²) in [7, 11) is 2.20. The predicted molar refractivity (Wildman–Crippen MR) is 63.5 cm³/mol. The lowest BCUT2D eigenvalue weighted by Crippen LogP contribution is -2.58. The van der Waals surface area contributed by atoms with Gasteiger partial charge in [-0.2, -0.15) is 0 Å². The van der Waals surface area contributed by atoms with Crippen molar-refractivity contribution in [1.29, 1.82) is 0 Å². The van der Waals surface area contributed by atoms with Gasteiger partial charge in [0.1, 0.15) is 0 Å². The Morgan fingerprint density at radius 3 is 1.93 bits per heavy atom. The van der Waals surface area contributed by atoms with Crippen molar-refractivity contribution in [3.8, 4) is 0 Å².